The molecule has 17 heavy (non-hydrogen) atoms. The highest BCUT2D eigenvalue weighted by Crippen LogP contribution is 2.34. The summed E-state index contributed by atoms with van der Waals surface area (Å²) in [5, 5.41) is -0.0106. The zero-order valence-corrected chi connectivity index (χ0v) is 10.4. The van der Waals surface area contributed by atoms with Crippen LogP contribution in [-0.4, -0.2) is 6.61 Å². The van der Waals surface area contributed by atoms with E-state index in [1.165, 1.54) is 6.07 Å². The molecule has 0 atom stereocenters. The maximum atomic E-state index is 12.4. The zero-order valence-electron chi connectivity index (χ0n) is 9.64. The third-order valence-electron chi connectivity index (χ3n) is 2.21. The third kappa shape index (κ3) is 4.46. The average Bonchev–Trinajstić information content (AvgIpc) is 2.18. The summed E-state index contributed by atoms with van der Waals surface area (Å²) >= 11 is 5.73. The van der Waals surface area contributed by atoms with Crippen molar-refractivity contribution < 1.29 is 17.9 Å². The Labute approximate surface area is 104 Å². The Morgan fingerprint density at radius 3 is 2.41 bits per heavy atom. The molecule has 1 aromatic carbocycles. The molecule has 0 aliphatic heterocycles. The molecule has 0 unspecified atom stereocenters. The van der Waals surface area contributed by atoms with Crippen LogP contribution in [-0.2, 0) is 6.18 Å². The summed E-state index contributed by atoms with van der Waals surface area (Å²) in [6.45, 7) is 4.53. The number of benzene rings is 1. The Morgan fingerprint density at radius 1 is 1.29 bits per heavy atom. The van der Waals surface area contributed by atoms with E-state index < -0.39 is 11.7 Å². The molecule has 0 heterocycles. The van der Waals surface area contributed by atoms with E-state index in [0.717, 1.165) is 18.6 Å². The summed E-state index contributed by atoms with van der Waals surface area (Å²) < 4.78 is 42.4. The molecule has 0 N–H and O–H groups in total. The van der Waals surface area contributed by atoms with Crippen molar-refractivity contribution in [3.63, 3.8) is 0 Å². The molecule has 1 rings (SSSR count). The van der Waals surface area contributed by atoms with Crippen LogP contribution in [0.25, 0.3) is 0 Å². The molecule has 0 aliphatic carbocycles. The predicted molar refractivity (Wildman–Crippen MR) is 61.4 cm³/mol. The van der Waals surface area contributed by atoms with Crippen molar-refractivity contribution in [1.29, 1.82) is 0 Å². The molecule has 0 radical (unpaired) electrons. The number of hydrogen-bond donors (Lipinski definition) is 0. The molecule has 0 fully saturated rings. The third-order valence-corrected chi connectivity index (χ3v) is 2.51. The van der Waals surface area contributed by atoms with Crippen molar-refractivity contribution in [3.8, 4) is 5.75 Å². The minimum Gasteiger partial charge on any atom is -0.492 e. The highest BCUT2D eigenvalue weighted by Gasteiger charge is 2.30. The van der Waals surface area contributed by atoms with Crippen molar-refractivity contribution in [2.75, 3.05) is 6.61 Å². The fourth-order valence-corrected chi connectivity index (χ4v) is 1.43. The molecule has 0 spiro atoms. The first-order valence-corrected chi connectivity index (χ1v) is 5.68. The van der Waals surface area contributed by atoms with Crippen molar-refractivity contribution >= 4 is 11.6 Å². The Kier molecular flexibility index (Phi) is 4.69. The molecule has 5 heteroatoms. The summed E-state index contributed by atoms with van der Waals surface area (Å²) in [6, 6.07) is 3.11. The van der Waals surface area contributed by atoms with Crippen LogP contribution < -0.4 is 4.74 Å². The van der Waals surface area contributed by atoms with Gasteiger partial charge < -0.3 is 4.74 Å². The topological polar surface area (TPSA) is 9.23 Å². The van der Waals surface area contributed by atoms with Gasteiger partial charge in [0.15, 0.2) is 0 Å². The first-order chi connectivity index (χ1) is 7.80. The van der Waals surface area contributed by atoms with Gasteiger partial charge >= 0.3 is 6.18 Å². The number of halogens is 4. The molecule has 1 aromatic rings. The van der Waals surface area contributed by atoms with Crippen molar-refractivity contribution in [3.05, 3.63) is 28.8 Å². The number of hydrogen-bond acceptors (Lipinski definition) is 1. The van der Waals surface area contributed by atoms with E-state index in [0.29, 0.717) is 18.3 Å². The lowest BCUT2D eigenvalue weighted by Gasteiger charge is -2.12. The highest BCUT2D eigenvalue weighted by atomic mass is 35.5. The largest absolute Gasteiger partial charge is 0.492 e. The van der Waals surface area contributed by atoms with Gasteiger partial charge in [-0.3, -0.25) is 0 Å². The molecular formula is C12H14ClF3O. The van der Waals surface area contributed by atoms with Gasteiger partial charge in [0.05, 0.1) is 17.2 Å². The van der Waals surface area contributed by atoms with Crippen LogP contribution in [0, 0.1) is 5.92 Å². The van der Waals surface area contributed by atoms with E-state index in [9.17, 15) is 13.2 Å². The predicted octanol–water partition coefficient (Wildman–Crippen LogP) is 4.78. The Hall–Kier alpha value is -0.900. The summed E-state index contributed by atoms with van der Waals surface area (Å²) in [4.78, 5) is 0. The summed E-state index contributed by atoms with van der Waals surface area (Å²) in [5.74, 6) is 0.767. The maximum Gasteiger partial charge on any atom is 0.416 e. The summed E-state index contributed by atoms with van der Waals surface area (Å²) in [7, 11) is 0. The van der Waals surface area contributed by atoms with Gasteiger partial charge in [-0.1, -0.05) is 25.4 Å². The lowest BCUT2D eigenvalue weighted by molar-refractivity contribution is -0.137. The second-order valence-corrected chi connectivity index (χ2v) is 4.58. The molecule has 0 aromatic heterocycles. The van der Waals surface area contributed by atoms with E-state index in [4.69, 9.17) is 16.3 Å². The second kappa shape index (κ2) is 5.63. The number of rotatable bonds is 4. The molecular weight excluding hydrogens is 253 g/mol. The molecule has 0 saturated heterocycles. The Bertz CT molecular complexity index is 375. The SMILES string of the molecule is CC(C)CCOc1ccc(C(F)(F)F)cc1Cl. The van der Waals surface area contributed by atoms with Crippen molar-refractivity contribution in [2.24, 2.45) is 5.92 Å². The zero-order chi connectivity index (χ0) is 13.1. The maximum absolute atomic E-state index is 12.4. The van der Waals surface area contributed by atoms with Crippen molar-refractivity contribution in [2.45, 2.75) is 26.4 Å². The molecule has 1 nitrogen and oxygen atoms in total. The molecule has 0 saturated carbocycles. The normalized spacial score (nSPS) is 11.9. The summed E-state index contributed by atoms with van der Waals surface area (Å²) in [6.07, 6.45) is -3.54. The van der Waals surface area contributed by atoms with E-state index in [1.54, 1.807) is 0 Å². The smallest absolute Gasteiger partial charge is 0.416 e. The van der Waals surface area contributed by atoms with Gasteiger partial charge in [-0.25, -0.2) is 0 Å². The molecule has 0 aliphatic rings. The lowest BCUT2D eigenvalue weighted by atomic mass is 10.1. The Morgan fingerprint density at radius 2 is 1.94 bits per heavy atom. The second-order valence-electron chi connectivity index (χ2n) is 4.17. The Balaban J connectivity index is 2.70. The first kappa shape index (κ1) is 14.2. The standard InChI is InChI=1S/C12H14ClF3O/c1-8(2)5-6-17-11-4-3-9(7-10(11)13)12(14,15)16/h3-4,7-8H,5-6H2,1-2H3. The molecule has 0 amide bonds. The first-order valence-electron chi connectivity index (χ1n) is 5.30. The van der Waals surface area contributed by atoms with Crippen LogP contribution in [0.15, 0.2) is 18.2 Å². The van der Waals surface area contributed by atoms with Gasteiger partial charge in [-0.15, -0.1) is 0 Å². The van der Waals surface area contributed by atoms with Crippen LogP contribution in [0.4, 0.5) is 13.2 Å². The fraction of sp³-hybridized carbons (Fsp3) is 0.500. The minimum atomic E-state index is -4.37. The summed E-state index contributed by atoms with van der Waals surface area (Å²) in [5.41, 5.74) is -0.765. The lowest BCUT2D eigenvalue weighted by Crippen LogP contribution is -2.06. The molecule has 96 valence electrons. The van der Waals surface area contributed by atoms with Crippen LogP contribution in [0.1, 0.15) is 25.8 Å². The van der Waals surface area contributed by atoms with Gasteiger partial charge in [0, 0.05) is 0 Å². The van der Waals surface area contributed by atoms with Gasteiger partial charge in [0.1, 0.15) is 5.75 Å². The minimum absolute atomic E-state index is 0.0106. The van der Waals surface area contributed by atoms with Gasteiger partial charge in [0.2, 0.25) is 0 Å². The van der Waals surface area contributed by atoms with Crippen LogP contribution in [0.3, 0.4) is 0 Å². The monoisotopic (exact) mass is 266 g/mol. The van der Waals surface area contributed by atoms with Crippen LogP contribution >= 0.6 is 11.6 Å². The highest BCUT2D eigenvalue weighted by molar-refractivity contribution is 6.32. The van der Waals surface area contributed by atoms with Crippen LogP contribution in [0.2, 0.25) is 5.02 Å². The van der Waals surface area contributed by atoms with Crippen molar-refractivity contribution in [1.82, 2.24) is 0 Å². The van der Waals surface area contributed by atoms with E-state index in [2.05, 4.69) is 0 Å². The van der Waals surface area contributed by atoms with E-state index in [-0.39, 0.29) is 5.02 Å². The fourth-order valence-electron chi connectivity index (χ4n) is 1.20. The average molecular weight is 267 g/mol. The van der Waals surface area contributed by atoms with Crippen LogP contribution in [0.5, 0.6) is 5.75 Å². The number of alkyl halides is 3. The van der Waals surface area contributed by atoms with E-state index >= 15 is 0 Å². The van der Waals surface area contributed by atoms with Gasteiger partial charge in [-0.05, 0) is 30.5 Å². The van der Waals surface area contributed by atoms with Gasteiger partial charge in [-0.2, -0.15) is 13.2 Å². The van der Waals surface area contributed by atoms with E-state index in [1.807, 2.05) is 13.8 Å². The van der Waals surface area contributed by atoms with Gasteiger partial charge in [0.25, 0.3) is 0 Å². The quantitative estimate of drug-likeness (QED) is 0.762. The number of ether oxygens (including phenoxy) is 1. The molecule has 0 bridgehead atoms.